The van der Waals surface area contributed by atoms with Gasteiger partial charge in [-0.2, -0.15) is 0 Å². The number of hydrogen-bond acceptors (Lipinski definition) is 4. The van der Waals surface area contributed by atoms with E-state index in [2.05, 4.69) is 18.1 Å². The van der Waals surface area contributed by atoms with Crippen molar-refractivity contribution in [2.45, 2.75) is 39.5 Å². The molecule has 26 heavy (non-hydrogen) atoms. The minimum atomic E-state index is -0.219. The van der Waals surface area contributed by atoms with Crippen molar-refractivity contribution in [2.24, 2.45) is 0 Å². The second-order valence-corrected chi connectivity index (χ2v) is 6.50. The van der Waals surface area contributed by atoms with Crippen LogP contribution in [0.15, 0.2) is 59.1 Å². The van der Waals surface area contributed by atoms with E-state index in [0.717, 1.165) is 29.0 Å². The average Bonchev–Trinajstić information content (AvgIpc) is 3.12. The van der Waals surface area contributed by atoms with Crippen LogP contribution in [0.2, 0.25) is 0 Å². The molecule has 0 aliphatic rings. The number of ether oxygens (including phenoxy) is 1. The highest BCUT2D eigenvalue weighted by atomic mass is 16.5. The molecule has 134 valence electrons. The third kappa shape index (κ3) is 4.20. The van der Waals surface area contributed by atoms with Crippen LogP contribution in [0.5, 0.6) is 5.75 Å². The maximum atomic E-state index is 11.5. The zero-order valence-electron chi connectivity index (χ0n) is 15.4. The zero-order valence-corrected chi connectivity index (χ0v) is 15.4. The summed E-state index contributed by atoms with van der Waals surface area (Å²) in [5.41, 5.74) is 4.04. The molecule has 3 rings (SSSR count). The van der Waals surface area contributed by atoms with Crippen molar-refractivity contribution < 1.29 is 14.1 Å². The standard InChI is InChI=1S/C22H23NO3/c1-4-22(24)25-21-11-10-18(12-16(21)3)15(2)13-19-14-20(23-26-19)17-8-6-5-7-9-17/h5-12,14-15H,4,13H2,1-3H3. The van der Waals surface area contributed by atoms with Gasteiger partial charge in [-0.1, -0.05) is 61.5 Å². The first-order chi connectivity index (χ1) is 12.6. The smallest absolute Gasteiger partial charge is 0.310 e. The Morgan fingerprint density at radius 1 is 1.15 bits per heavy atom. The van der Waals surface area contributed by atoms with Gasteiger partial charge in [0.2, 0.25) is 0 Å². The summed E-state index contributed by atoms with van der Waals surface area (Å²) in [5, 5.41) is 4.17. The predicted octanol–water partition coefficient (Wildman–Crippen LogP) is 5.31. The number of aryl methyl sites for hydroxylation is 1. The number of hydrogen-bond donors (Lipinski definition) is 0. The van der Waals surface area contributed by atoms with Crippen LogP contribution < -0.4 is 4.74 Å². The van der Waals surface area contributed by atoms with Gasteiger partial charge in [0.05, 0.1) is 0 Å². The van der Waals surface area contributed by atoms with Crippen LogP contribution in [0.25, 0.3) is 11.3 Å². The van der Waals surface area contributed by atoms with Crippen LogP contribution in [0.3, 0.4) is 0 Å². The van der Waals surface area contributed by atoms with E-state index < -0.39 is 0 Å². The van der Waals surface area contributed by atoms with Gasteiger partial charge in [-0.05, 0) is 30.0 Å². The van der Waals surface area contributed by atoms with Crippen molar-refractivity contribution in [1.29, 1.82) is 0 Å². The number of benzene rings is 2. The van der Waals surface area contributed by atoms with Crippen LogP contribution >= 0.6 is 0 Å². The lowest BCUT2D eigenvalue weighted by molar-refractivity contribution is -0.134. The molecule has 0 aliphatic carbocycles. The summed E-state index contributed by atoms with van der Waals surface area (Å²) in [7, 11) is 0. The molecule has 0 radical (unpaired) electrons. The van der Waals surface area contributed by atoms with Crippen LogP contribution in [-0.2, 0) is 11.2 Å². The van der Waals surface area contributed by atoms with Crippen molar-refractivity contribution >= 4 is 5.97 Å². The summed E-state index contributed by atoms with van der Waals surface area (Å²) in [4.78, 5) is 11.5. The molecule has 0 spiro atoms. The molecule has 0 N–H and O–H groups in total. The largest absolute Gasteiger partial charge is 0.426 e. The molecule has 0 saturated heterocycles. The summed E-state index contributed by atoms with van der Waals surface area (Å²) >= 11 is 0. The molecule has 4 nitrogen and oxygen atoms in total. The Morgan fingerprint density at radius 2 is 1.92 bits per heavy atom. The molecule has 4 heteroatoms. The predicted molar refractivity (Wildman–Crippen MR) is 101 cm³/mol. The molecule has 1 heterocycles. The van der Waals surface area contributed by atoms with Gasteiger partial charge < -0.3 is 9.26 Å². The highest BCUT2D eigenvalue weighted by Crippen LogP contribution is 2.28. The quantitative estimate of drug-likeness (QED) is 0.447. The van der Waals surface area contributed by atoms with Gasteiger partial charge in [0.1, 0.15) is 17.2 Å². The fourth-order valence-electron chi connectivity index (χ4n) is 2.86. The lowest BCUT2D eigenvalue weighted by Crippen LogP contribution is -2.07. The topological polar surface area (TPSA) is 52.3 Å². The van der Waals surface area contributed by atoms with Crippen LogP contribution in [0.1, 0.15) is 43.1 Å². The van der Waals surface area contributed by atoms with Crippen molar-refractivity contribution in [1.82, 2.24) is 5.16 Å². The molecule has 1 unspecified atom stereocenters. The second kappa shape index (κ2) is 8.00. The first kappa shape index (κ1) is 17.9. The average molecular weight is 349 g/mol. The molecule has 3 aromatic rings. The number of esters is 1. The van der Waals surface area contributed by atoms with Crippen LogP contribution in [0, 0.1) is 6.92 Å². The molecule has 2 aromatic carbocycles. The van der Waals surface area contributed by atoms with E-state index in [1.807, 2.05) is 55.5 Å². The highest BCUT2D eigenvalue weighted by molar-refractivity contribution is 5.72. The molecule has 0 fully saturated rings. The Kier molecular flexibility index (Phi) is 5.52. The molecular weight excluding hydrogens is 326 g/mol. The van der Waals surface area contributed by atoms with Crippen molar-refractivity contribution in [3.05, 3.63) is 71.5 Å². The molecule has 0 amide bonds. The maximum Gasteiger partial charge on any atom is 0.310 e. The van der Waals surface area contributed by atoms with E-state index in [0.29, 0.717) is 12.2 Å². The normalized spacial score (nSPS) is 12.0. The number of aromatic nitrogens is 1. The molecular formula is C22H23NO3. The lowest BCUT2D eigenvalue weighted by Gasteiger charge is -2.13. The van der Waals surface area contributed by atoms with E-state index in [1.54, 1.807) is 6.92 Å². The minimum Gasteiger partial charge on any atom is -0.426 e. The number of rotatable bonds is 6. The zero-order chi connectivity index (χ0) is 18.5. The lowest BCUT2D eigenvalue weighted by atomic mass is 9.95. The Hall–Kier alpha value is -2.88. The SMILES string of the molecule is CCC(=O)Oc1ccc(C(C)Cc2cc(-c3ccccc3)no2)cc1C. The van der Waals surface area contributed by atoms with E-state index in [4.69, 9.17) is 9.26 Å². The van der Waals surface area contributed by atoms with Gasteiger partial charge in [-0.25, -0.2) is 0 Å². The molecule has 0 saturated carbocycles. The van der Waals surface area contributed by atoms with Gasteiger partial charge in [0.25, 0.3) is 0 Å². The summed E-state index contributed by atoms with van der Waals surface area (Å²) in [5.74, 6) is 1.53. The Balaban J connectivity index is 1.70. The van der Waals surface area contributed by atoms with E-state index >= 15 is 0 Å². The minimum absolute atomic E-state index is 0.219. The summed E-state index contributed by atoms with van der Waals surface area (Å²) in [6.07, 6.45) is 1.13. The first-order valence-corrected chi connectivity index (χ1v) is 8.89. The third-order valence-electron chi connectivity index (χ3n) is 4.42. The Labute approximate surface area is 153 Å². The van der Waals surface area contributed by atoms with E-state index in [-0.39, 0.29) is 11.9 Å². The molecule has 1 aromatic heterocycles. The highest BCUT2D eigenvalue weighted by Gasteiger charge is 2.14. The fourth-order valence-corrected chi connectivity index (χ4v) is 2.86. The fraction of sp³-hybridized carbons (Fsp3) is 0.273. The van der Waals surface area contributed by atoms with E-state index in [9.17, 15) is 4.79 Å². The first-order valence-electron chi connectivity index (χ1n) is 8.89. The van der Waals surface area contributed by atoms with Gasteiger partial charge >= 0.3 is 5.97 Å². The van der Waals surface area contributed by atoms with Gasteiger partial charge in [-0.15, -0.1) is 0 Å². The third-order valence-corrected chi connectivity index (χ3v) is 4.42. The number of carbonyl (C=O) groups is 1. The second-order valence-electron chi connectivity index (χ2n) is 6.50. The molecule has 0 bridgehead atoms. The monoisotopic (exact) mass is 349 g/mol. The maximum absolute atomic E-state index is 11.5. The van der Waals surface area contributed by atoms with Gasteiger partial charge in [0, 0.05) is 24.5 Å². The Morgan fingerprint density at radius 3 is 2.62 bits per heavy atom. The van der Waals surface area contributed by atoms with Crippen molar-refractivity contribution in [2.75, 3.05) is 0 Å². The molecule has 1 atom stereocenters. The summed E-state index contributed by atoms with van der Waals surface area (Å²) in [6.45, 7) is 5.89. The summed E-state index contributed by atoms with van der Waals surface area (Å²) in [6, 6.07) is 17.9. The van der Waals surface area contributed by atoms with Crippen LogP contribution in [0.4, 0.5) is 0 Å². The van der Waals surface area contributed by atoms with Gasteiger partial charge in [-0.3, -0.25) is 4.79 Å². The van der Waals surface area contributed by atoms with Crippen molar-refractivity contribution in [3.63, 3.8) is 0 Å². The summed E-state index contributed by atoms with van der Waals surface area (Å²) < 4.78 is 10.8. The van der Waals surface area contributed by atoms with Crippen molar-refractivity contribution in [3.8, 4) is 17.0 Å². The number of carbonyl (C=O) groups excluding carboxylic acids is 1. The Bertz CT molecular complexity index is 883. The molecule has 0 aliphatic heterocycles. The van der Waals surface area contributed by atoms with E-state index in [1.165, 1.54) is 5.56 Å². The number of nitrogens with zero attached hydrogens (tertiary/aromatic N) is 1. The van der Waals surface area contributed by atoms with Crippen LogP contribution in [-0.4, -0.2) is 11.1 Å². The van der Waals surface area contributed by atoms with Gasteiger partial charge in [0.15, 0.2) is 0 Å².